The molecule has 0 unspecified atom stereocenters. The molecular weight excluding hydrogens is 223 g/mol. The van der Waals surface area contributed by atoms with Crippen LogP contribution in [0.15, 0.2) is 28.8 Å². The minimum Gasteiger partial charge on any atom is -0.481 e. The second-order valence-corrected chi connectivity index (χ2v) is 4.04. The highest BCUT2D eigenvalue weighted by Gasteiger charge is 2.28. The molecule has 1 fully saturated rings. The van der Waals surface area contributed by atoms with Crippen LogP contribution in [0.1, 0.15) is 30.5 Å². The second kappa shape index (κ2) is 4.16. The first-order valence-electron chi connectivity index (χ1n) is 5.53. The van der Waals surface area contributed by atoms with E-state index in [1.165, 1.54) is 6.07 Å². The van der Waals surface area contributed by atoms with Crippen molar-refractivity contribution in [2.75, 3.05) is 0 Å². The fraction of sp³-hybridized carbons (Fsp3) is 0.333. The number of para-hydroxylation sites is 1. The van der Waals surface area contributed by atoms with Gasteiger partial charge in [0, 0.05) is 5.92 Å². The molecule has 0 saturated heterocycles. The highest BCUT2D eigenvalue weighted by molar-refractivity contribution is 5.23. The van der Waals surface area contributed by atoms with E-state index >= 15 is 0 Å². The van der Waals surface area contributed by atoms with E-state index < -0.39 is 5.82 Å². The Morgan fingerprint density at radius 2 is 2.18 bits per heavy atom. The highest BCUT2D eigenvalue weighted by atomic mass is 19.1. The predicted octanol–water partition coefficient (Wildman–Crippen LogP) is 2.67. The van der Waals surface area contributed by atoms with Crippen LogP contribution < -0.4 is 4.74 Å². The Morgan fingerprint density at radius 3 is 2.94 bits per heavy atom. The third-order valence-corrected chi connectivity index (χ3v) is 2.61. The molecule has 2 aromatic rings. The van der Waals surface area contributed by atoms with Crippen LogP contribution in [0, 0.1) is 5.82 Å². The van der Waals surface area contributed by atoms with Gasteiger partial charge in [-0.2, -0.15) is 4.98 Å². The third-order valence-electron chi connectivity index (χ3n) is 2.61. The summed E-state index contributed by atoms with van der Waals surface area (Å²) >= 11 is 0. The maximum atomic E-state index is 13.2. The largest absolute Gasteiger partial charge is 0.481 e. The van der Waals surface area contributed by atoms with Gasteiger partial charge in [-0.25, -0.2) is 4.39 Å². The molecule has 0 bridgehead atoms. The minimum absolute atomic E-state index is 0.0979. The first kappa shape index (κ1) is 10.3. The Labute approximate surface area is 97.4 Å². The quantitative estimate of drug-likeness (QED) is 0.816. The Morgan fingerprint density at radius 1 is 1.35 bits per heavy atom. The standard InChI is InChI=1S/C12H11FN2O2/c13-9-3-1-2-4-10(9)16-7-11-14-12(15-17-11)8-5-6-8/h1-4,8H,5-7H2. The average molecular weight is 234 g/mol. The molecule has 0 amide bonds. The molecule has 1 heterocycles. The van der Waals surface area contributed by atoms with Crippen LogP contribution in [0.4, 0.5) is 4.39 Å². The van der Waals surface area contributed by atoms with Crippen molar-refractivity contribution in [2.24, 2.45) is 0 Å². The van der Waals surface area contributed by atoms with Crippen LogP contribution in [-0.4, -0.2) is 10.1 Å². The van der Waals surface area contributed by atoms with Gasteiger partial charge < -0.3 is 9.26 Å². The Bertz CT molecular complexity index is 523. The van der Waals surface area contributed by atoms with Gasteiger partial charge in [-0.1, -0.05) is 17.3 Å². The molecule has 5 heteroatoms. The van der Waals surface area contributed by atoms with E-state index in [4.69, 9.17) is 9.26 Å². The molecule has 1 aliphatic carbocycles. The maximum Gasteiger partial charge on any atom is 0.264 e. The van der Waals surface area contributed by atoms with Crippen LogP contribution in [-0.2, 0) is 6.61 Å². The van der Waals surface area contributed by atoms with E-state index in [9.17, 15) is 4.39 Å². The predicted molar refractivity (Wildman–Crippen MR) is 57.0 cm³/mol. The number of halogens is 1. The van der Waals surface area contributed by atoms with Crippen molar-refractivity contribution in [2.45, 2.75) is 25.4 Å². The normalized spacial score (nSPS) is 14.9. The number of rotatable bonds is 4. The number of hydrogen-bond donors (Lipinski definition) is 0. The SMILES string of the molecule is Fc1ccccc1OCc1nc(C2CC2)no1. The summed E-state index contributed by atoms with van der Waals surface area (Å²) in [5.74, 6) is 1.36. The van der Waals surface area contributed by atoms with E-state index in [1.54, 1.807) is 18.2 Å². The van der Waals surface area contributed by atoms with Gasteiger partial charge in [0.2, 0.25) is 0 Å². The lowest BCUT2D eigenvalue weighted by molar-refractivity contribution is 0.234. The maximum absolute atomic E-state index is 13.2. The van der Waals surface area contributed by atoms with Crippen molar-refractivity contribution in [3.05, 3.63) is 41.8 Å². The van der Waals surface area contributed by atoms with Crippen molar-refractivity contribution in [1.29, 1.82) is 0 Å². The molecule has 1 aliphatic rings. The molecule has 4 nitrogen and oxygen atoms in total. The number of aromatic nitrogens is 2. The smallest absolute Gasteiger partial charge is 0.264 e. The molecule has 0 spiro atoms. The van der Waals surface area contributed by atoms with Crippen LogP contribution in [0.25, 0.3) is 0 Å². The molecule has 0 aliphatic heterocycles. The van der Waals surface area contributed by atoms with E-state index in [2.05, 4.69) is 10.1 Å². The van der Waals surface area contributed by atoms with E-state index in [-0.39, 0.29) is 12.4 Å². The molecule has 0 N–H and O–H groups in total. The van der Waals surface area contributed by atoms with Crippen LogP contribution in [0.2, 0.25) is 0 Å². The fourth-order valence-corrected chi connectivity index (χ4v) is 1.54. The van der Waals surface area contributed by atoms with E-state index in [0.29, 0.717) is 11.8 Å². The van der Waals surface area contributed by atoms with E-state index in [1.807, 2.05) is 0 Å². The van der Waals surface area contributed by atoms with Gasteiger partial charge in [-0.3, -0.25) is 0 Å². The van der Waals surface area contributed by atoms with Crippen LogP contribution in [0.3, 0.4) is 0 Å². The van der Waals surface area contributed by atoms with Crippen molar-refractivity contribution >= 4 is 0 Å². The van der Waals surface area contributed by atoms with Gasteiger partial charge >= 0.3 is 0 Å². The lowest BCUT2D eigenvalue weighted by Crippen LogP contribution is -1.97. The van der Waals surface area contributed by atoms with Crippen LogP contribution >= 0.6 is 0 Å². The second-order valence-electron chi connectivity index (χ2n) is 4.04. The van der Waals surface area contributed by atoms with E-state index in [0.717, 1.165) is 18.7 Å². The zero-order valence-electron chi connectivity index (χ0n) is 9.10. The van der Waals surface area contributed by atoms with Crippen LogP contribution in [0.5, 0.6) is 5.75 Å². The third kappa shape index (κ3) is 2.27. The summed E-state index contributed by atoms with van der Waals surface area (Å²) in [6.45, 7) is 0.0979. The highest BCUT2D eigenvalue weighted by Crippen LogP contribution is 2.38. The molecule has 88 valence electrons. The summed E-state index contributed by atoms with van der Waals surface area (Å²) in [6.07, 6.45) is 2.24. The first-order valence-corrected chi connectivity index (χ1v) is 5.53. The Kier molecular flexibility index (Phi) is 2.51. The molecular formula is C12H11FN2O2. The Hall–Kier alpha value is -1.91. The summed E-state index contributed by atoms with van der Waals surface area (Å²) in [5, 5.41) is 3.85. The molecule has 1 saturated carbocycles. The first-order chi connectivity index (χ1) is 8.33. The molecule has 17 heavy (non-hydrogen) atoms. The number of benzene rings is 1. The summed E-state index contributed by atoms with van der Waals surface area (Å²) in [7, 11) is 0. The van der Waals surface area contributed by atoms with Gasteiger partial charge in [-0.15, -0.1) is 0 Å². The number of ether oxygens (including phenoxy) is 1. The molecule has 1 aromatic heterocycles. The monoisotopic (exact) mass is 234 g/mol. The zero-order valence-corrected chi connectivity index (χ0v) is 9.10. The number of nitrogens with zero attached hydrogens (tertiary/aromatic N) is 2. The summed E-state index contributed by atoms with van der Waals surface area (Å²) in [5.41, 5.74) is 0. The zero-order chi connectivity index (χ0) is 11.7. The van der Waals surface area contributed by atoms with Gasteiger partial charge in [0.05, 0.1) is 0 Å². The molecule has 0 atom stereocenters. The minimum atomic E-state index is -0.394. The van der Waals surface area contributed by atoms with Crippen molar-refractivity contribution in [1.82, 2.24) is 10.1 Å². The van der Waals surface area contributed by atoms with Crippen molar-refractivity contribution < 1.29 is 13.7 Å². The van der Waals surface area contributed by atoms with Gasteiger partial charge in [0.15, 0.2) is 24.0 Å². The summed E-state index contributed by atoms with van der Waals surface area (Å²) in [4.78, 5) is 4.19. The molecule has 1 aromatic carbocycles. The fourth-order valence-electron chi connectivity index (χ4n) is 1.54. The molecule has 3 rings (SSSR count). The Balaban J connectivity index is 1.65. The molecule has 0 radical (unpaired) electrons. The topological polar surface area (TPSA) is 48.2 Å². The lowest BCUT2D eigenvalue weighted by atomic mass is 10.3. The lowest BCUT2D eigenvalue weighted by Gasteiger charge is -2.02. The van der Waals surface area contributed by atoms with Crippen molar-refractivity contribution in [3.63, 3.8) is 0 Å². The summed E-state index contributed by atoms with van der Waals surface area (Å²) in [6, 6.07) is 6.23. The number of hydrogen-bond acceptors (Lipinski definition) is 4. The van der Waals surface area contributed by atoms with Gasteiger partial charge in [0.25, 0.3) is 5.89 Å². The van der Waals surface area contributed by atoms with Gasteiger partial charge in [0.1, 0.15) is 0 Å². The van der Waals surface area contributed by atoms with Gasteiger partial charge in [-0.05, 0) is 25.0 Å². The average Bonchev–Trinajstić information content (AvgIpc) is 3.08. The summed E-state index contributed by atoms with van der Waals surface area (Å²) < 4.78 is 23.5. The van der Waals surface area contributed by atoms with Crippen molar-refractivity contribution in [3.8, 4) is 5.75 Å².